The molecule has 4 atom stereocenters. The van der Waals surface area contributed by atoms with E-state index >= 15 is 0 Å². The molecule has 0 aliphatic carbocycles. The minimum atomic E-state index is -1.98. The molecule has 0 saturated carbocycles. The average molecular weight is 384 g/mol. The predicted molar refractivity (Wildman–Crippen MR) is 102 cm³/mol. The zero-order valence-electron chi connectivity index (χ0n) is 17.1. The number of β-lactam (4-membered cyclic amide) rings is 1. The maximum absolute atomic E-state index is 12.9. The van der Waals surface area contributed by atoms with Crippen LogP contribution in [0.5, 0.6) is 0 Å². The van der Waals surface area contributed by atoms with Gasteiger partial charge in [0.1, 0.15) is 0 Å². The zero-order valence-corrected chi connectivity index (χ0v) is 18.1. The Morgan fingerprint density at radius 2 is 2.04 bits per heavy atom. The second kappa shape index (κ2) is 7.82. The Labute approximate surface area is 158 Å². The summed E-state index contributed by atoms with van der Waals surface area (Å²) >= 11 is 0. The summed E-state index contributed by atoms with van der Waals surface area (Å²) in [4.78, 5) is 26.7. The number of carbonyl (C=O) groups excluding carboxylic acids is 2. The first-order valence-electron chi connectivity index (χ1n) is 9.44. The second-order valence-corrected chi connectivity index (χ2v) is 13.3. The van der Waals surface area contributed by atoms with Crippen LogP contribution in [0.15, 0.2) is 12.2 Å². The highest BCUT2D eigenvalue weighted by Crippen LogP contribution is 2.42. The molecule has 0 radical (unpaired) electrons. The number of carbonyl (C=O) groups is 2. The largest absolute Gasteiger partial charge is 0.463 e. The first-order valence-corrected chi connectivity index (χ1v) is 12.4. The van der Waals surface area contributed by atoms with E-state index < -0.39 is 20.5 Å². The average Bonchev–Trinajstić information content (AvgIpc) is 2.47. The van der Waals surface area contributed by atoms with Crippen LogP contribution in [-0.2, 0) is 23.5 Å². The summed E-state index contributed by atoms with van der Waals surface area (Å²) in [5, 5.41) is 0.0746. The number of nitrogens with zero attached hydrogens (tertiary/aromatic N) is 1. The Kier molecular flexibility index (Phi) is 6.35. The van der Waals surface area contributed by atoms with Crippen LogP contribution in [0, 0.1) is 5.92 Å². The first kappa shape index (κ1) is 21.1. The lowest BCUT2D eigenvalue weighted by atomic mass is 9.80. The third kappa shape index (κ3) is 4.04. The van der Waals surface area contributed by atoms with Crippen LogP contribution in [-0.4, -0.2) is 56.7 Å². The third-order valence-electron chi connectivity index (χ3n) is 5.74. The molecule has 2 rings (SSSR count). The van der Waals surface area contributed by atoms with E-state index in [2.05, 4.69) is 33.9 Å². The Bertz CT molecular complexity index is 569. The molecule has 0 aromatic heterocycles. The summed E-state index contributed by atoms with van der Waals surface area (Å²) in [5.74, 6) is -0.848. The van der Waals surface area contributed by atoms with Crippen LogP contribution in [0.4, 0.5) is 0 Å². The molecule has 0 aromatic carbocycles. The first-order chi connectivity index (χ1) is 12.0. The summed E-state index contributed by atoms with van der Waals surface area (Å²) in [6.45, 7) is 15.2. The second-order valence-electron chi connectivity index (χ2n) is 8.57. The van der Waals surface area contributed by atoms with Gasteiger partial charge in [0, 0.05) is 0 Å². The molecule has 2 aliphatic heterocycles. The Morgan fingerprint density at radius 1 is 1.38 bits per heavy atom. The number of hydrogen-bond acceptors (Lipinski definition) is 5. The van der Waals surface area contributed by atoms with Crippen molar-refractivity contribution in [3.63, 3.8) is 0 Å². The molecule has 148 valence electrons. The lowest BCUT2D eigenvalue weighted by molar-refractivity contribution is -0.203. The van der Waals surface area contributed by atoms with Gasteiger partial charge in [0.05, 0.1) is 31.3 Å². The fourth-order valence-electron chi connectivity index (χ4n) is 3.29. The van der Waals surface area contributed by atoms with E-state index in [0.29, 0.717) is 13.0 Å². The lowest BCUT2D eigenvalue weighted by Crippen LogP contribution is -2.70. The highest BCUT2D eigenvalue weighted by atomic mass is 28.4. The molecule has 26 heavy (non-hydrogen) atoms. The normalized spacial score (nSPS) is 29.1. The van der Waals surface area contributed by atoms with Gasteiger partial charge in [-0.1, -0.05) is 32.9 Å². The number of ether oxygens (including phenoxy) is 2. The van der Waals surface area contributed by atoms with Gasteiger partial charge in [-0.05, 0) is 38.4 Å². The minimum Gasteiger partial charge on any atom is -0.463 e. The number of amides is 1. The van der Waals surface area contributed by atoms with Crippen molar-refractivity contribution in [2.45, 2.75) is 77.5 Å². The number of rotatable bonds is 5. The smallest absolute Gasteiger partial charge is 0.356 e. The summed E-state index contributed by atoms with van der Waals surface area (Å²) in [6, 6.07) is -0.103. The van der Waals surface area contributed by atoms with Crippen LogP contribution in [0.2, 0.25) is 18.1 Å². The molecule has 6 nitrogen and oxygen atoms in total. The van der Waals surface area contributed by atoms with Crippen LogP contribution in [0.3, 0.4) is 0 Å². The van der Waals surface area contributed by atoms with E-state index in [1.165, 1.54) is 4.90 Å². The topological polar surface area (TPSA) is 65.1 Å². The molecule has 1 amide bonds. The maximum atomic E-state index is 12.9. The Morgan fingerprint density at radius 3 is 2.62 bits per heavy atom. The Balaban J connectivity index is 2.18. The minimum absolute atomic E-state index is 0.0746. The van der Waals surface area contributed by atoms with Crippen molar-refractivity contribution >= 4 is 20.2 Å². The van der Waals surface area contributed by atoms with Gasteiger partial charge in [-0.15, -0.1) is 0 Å². The molecular formula is C19H33NO5Si. The monoisotopic (exact) mass is 383 g/mol. The van der Waals surface area contributed by atoms with Gasteiger partial charge >= 0.3 is 5.97 Å². The zero-order chi connectivity index (χ0) is 19.7. The van der Waals surface area contributed by atoms with Crippen molar-refractivity contribution in [3.05, 3.63) is 12.2 Å². The molecule has 0 N–H and O–H groups in total. The molecule has 0 spiro atoms. The molecule has 2 heterocycles. The number of fused-ring (bicyclic) bond motifs is 1. The summed E-state index contributed by atoms with van der Waals surface area (Å²) in [6.07, 6.45) is 3.44. The van der Waals surface area contributed by atoms with Crippen LogP contribution < -0.4 is 0 Å². The van der Waals surface area contributed by atoms with Crippen LogP contribution >= 0.6 is 0 Å². The third-order valence-corrected chi connectivity index (χ3v) is 10.3. The van der Waals surface area contributed by atoms with Crippen molar-refractivity contribution in [1.29, 1.82) is 0 Å². The van der Waals surface area contributed by atoms with Gasteiger partial charge in [0.25, 0.3) is 0 Å². The van der Waals surface area contributed by atoms with Crippen LogP contribution in [0.25, 0.3) is 0 Å². The summed E-state index contributed by atoms with van der Waals surface area (Å²) < 4.78 is 17.1. The number of hydrogen-bond donors (Lipinski definition) is 0. The van der Waals surface area contributed by atoms with E-state index in [9.17, 15) is 9.59 Å². The fourth-order valence-corrected chi connectivity index (χ4v) is 4.72. The highest BCUT2D eigenvalue weighted by molar-refractivity contribution is 6.74. The van der Waals surface area contributed by atoms with Gasteiger partial charge in [0.15, 0.2) is 8.32 Å². The van der Waals surface area contributed by atoms with Crippen molar-refractivity contribution in [1.82, 2.24) is 4.90 Å². The van der Waals surface area contributed by atoms with Gasteiger partial charge in [-0.3, -0.25) is 4.79 Å². The SMILES string of the molecule is CCOC(=O)[C@H]1OC/C=C\C[C@@H]2[C@@H]([C@@H](C)O[Si](C)(C)C(C)(C)C)C(=O)N12. The maximum Gasteiger partial charge on any atom is 0.356 e. The van der Waals surface area contributed by atoms with Gasteiger partial charge in [-0.2, -0.15) is 0 Å². The van der Waals surface area contributed by atoms with Crippen molar-refractivity contribution < 1.29 is 23.5 Å². The van der Waals surface area contributed by atoms with Crippen LogP contribution in [0.1, 0.15) is 41.0 Å². The van der Waals surface area contributed by atoms with Gasteiger partial charge in [-0.25, -0.2) is 4.79 Å². The molecule has 7 heteroatoms. The van der Waals surface area contributed by atoms with Crippen molar-refractivity contribution in [2.75, 3.05) is 13.2 Å². The predicted octanol–water partition coefficient (Wildman–Crippen LogP) is 3.09. The van der Waals surface area contributed by atoms with Crippen molar-refractivity contribution in [2.24, 2.45) is 5.92 Å². The molecule has 0 unspecified atom stereocenters. The molecule has 1 fully saturated rings. The van der Waals surface area contributed by atoms with E-state index in [4.69, 9.17) is 13.9 Å². The van der Waals surface area contributed by atoms with Gasteiger partial charge in [0.2, 0.25) is 12.1 Å². The standard InChI is InChI=1S/C19H33NO5Si/c1-8-23-18(22)17-20-14(11-9-10-12-24-17)15(16(20)21)13(2)25-26(6,7)19(3,4)5/h9-10,13-15,17H,8,11-12H2,1-7H3/b10-9-/t13-,14-,15-,17-/m1/s1. The van der Waals surface area contributed by atoms with E-state index in [-0.39, 0.29) is 35.6 Å². The molecular weight excluding hydrogens is 350 g/mol. The highest BCUT2D eigenvalue weighted by Gasteiger charge is 2.56. The van der Waals surface area contributed by atoms with Gasteiger partial charge < -0.3 is 18.8 Å². The molecule has 1 saturated heterocycles. The lowest BCUT2D eigenvalue weighted by Gasteiger charge is -2.53. The quantitative estimate of drug-likeness (QED) is 0.316. The van der Waals surface area contributed by atoms with Crippen molar-refractivity contribution in [3.8, 4) is 0 Å². The number of esters is 1. The van der Waals surface area contributed by atoms with E-state index in [0.717, 1.165) is 0 Å². The molecule has 0 bridgehead atoms. The summed E-state index contributed by atoms with van der Waals surface area (Å²) in [7, 11) is -1.98. The molecule has 0 aromatic rings. The van der Waals surface area contributed by atoms with E-state index in [1.54, 1.807) is 6.92 Å². The fraction of sp³-hybridized carbons (Fsp3) is 0.789. The Hall–Kier alpha value is -1.18. The molecule has 2 aliphatic rings. The summed E-state index contributed by atoms with van der Waals surface area (Å²) in [5.41, 5.74) is 0. The van der Waals surface area contributed by atoms with E-state index in [1.807, 2.05) is 19.1 Å².